The Labute approximate surface area is 97.6 Å². The number of hydrogen-bond acceptors (Lipinski definition) is 3. The van der Waals surface area contributed by atoms with Crippen LogP contribution in [0.5, 0.6) is 0 Å². The highest BCUT2D eigenvalue weighted by Crippen LogP contribution is 2.19. The third kappa shape index (κ3) is 5.42. The summed E-state index contributed by atoms with van der Waals surface area (Å²) in [4.78, 5) is 11.7. The van der Waals surface area contributed by atoms with E-state index < -0.39 is 0 Å². The molecule has 0 heterocycles. The van der Waals surface area contributed by atoms with E-state index in [9.17, 15) is 4.79 Å². The minimum atomic E-state index is -0.382. The number of nitrogens with two attached hydrogens (primary N) is 1. The van der Waals surface area contributed by atoms with Gasteiger partial charge in [0.1, 0.15) is 0 Å². The van der Waals surface area contributed by atoms with Crippen LogP contribution in [0.4, 0.5) is 0 Å². The summed E-state index contributed by atoms with van der Waals surface area (Å²) in [6.07, 6.45) is 2.97. The fourth-order valence-corrected chi connectivity index (χ4v) is 1.22. The van der Waals surface area contributed by atoms with E-state index in [1.54, 1.807) is 11.8 Å². The number of thioether (sulfide) groups is 1. The summed E-state index contributed by atoms with van der Waals surface area (Å²) in [5.41, 5.74) is 5.82. The monoisotopic (exact) mass is 232 g/mol. The molecule has 0 aliphatic rings. The number of hydrogen-bond donors (Lipinski definition) is 2. The maximum atomic E-state index is 11.7. The van der Waals surface area contributed by atoms with Crippen LogP contribution in [0.15, 0.2) is 0 Å². The van der Waals surface area contributed by atoms with E-state index in [4.69, 9.17) is 5.73 Å². The van der Waals surface area contributed by atoms with Gasteiger partial charge in [0.2, 0.25) is 5.91 Å². The maximum Gasteiger partial charge on any atom is 0.237 e. The van der Waals surface area contributed by atoms with E-state index >= 15 is 0 Å². The molecule has 1 amide bonds. The van der Waals surface area contributed by atoms with Gasteiger partial charge in [-0.15, -0.1) is 0 Å². The van der Waals surface area contributed by atoms with Crippen molar-refractivity contribution in [2.45, 2.75) is 44.9 Å². The molecule has 3 nitrogen and oxygen atoms in total. The van der Waals surface area contributed by atoms with Crippen molar-refractivity contribution < 1.29 is 4.79 Å². The molecule has 0 rings (SSSR count). The molecule has 90 valence electrons. The molecule has 0 aromatic carbocycles. The highest BCUT2D eigenvalue weighted by atomic mass is 32.2. The van der Waals surface area contributed by atoms with Gasteiger partial charge in [0, 0.05) is 11.3 Å². The van der Waals surface area contributed by atoms with Crippen LogP contribution in [0, 0.1) is 5.92 Å². The predicted octanol–water partition coefficient (Wildman–Crippen LogP) is 1.62. The van der Waals surface area contributed by atoms with Crippen LogP contribution in [-0.2, 0) is 4.79 Å². The van der Waals surface area contributed by atoms with Gasteiger partial charge in [-0.2, -0.15) is 11.8 Å². The molecule has 4 heteroatoms. The Balaban J connectivity index is 4.04. The molecular weight excluding hydrogens is 208 g/mol. The molecule has 0 aliphatic carbocycles. The molecule has 3 N–H and O–H groups in total. The third-order valence-corrected chi connectivity index (χ3v) is 4.05. The van der Waals surface area contributed by atoms with Crippen LogP contribution in [0.2, 0.25) is 0 Å². The first-order chi connectivity index (χ1) is 6.84. The standard InChI is InChI=1S/C11H24N2OS/c1-6-8(2)9(12)10(14)13-7-11(3,4)15-5/h8-9H,6-7,12H2,1-5H3,(H,13,14)/t8-,9-/m0/s1. The van der Waals surface area contributed by atoms with Gasteiger partial charge in [0.15, 0.2) is 0 Å². The van der Waals surface area contributed by atoms with Gasteiger partial charge in [-0.25, -0.2) is 0 Å². The molecule has 0 fully saturated rings. The maximum absolute atomic E-state index is 11.7. The lowest BCUT2D eigenvalue weighted by molar-refractivity contribution is -0.123. The van der Waals surface area contributed by atoms with Crippen molar-refractivity contribution in [2.24, 2.45) is 11.7 Å². The molecule has 0 aromatic rings. The highest BCUT2D eigenvalue weighted by molar-refractivity contribution is 7.99. The van der Waals surface area contributed by atoms with Crippen LogP contribution >= 0.6 is 11.8 Å². The van der Waals surface area contributed by atoms with Gasteiger partial charge in [-0.05, 0) is 26.0 Å². The van der Waals surface area contributed by atoms with E-state index in [-0.39, 0.29) is 22.6 Å². The van der Waals surface area contributed by atoms with Gasteiger partial charge in [-0.3, -0.25) is 4.79 Å². The van der Waals surface area contributed by atoms with Gasteiger partial charge in [-0.1, -0.05) is 20.3 Å². The Morgan fingerprint density at radius 3 is 2.47 bits per heavy atom. The summed E-state index contributed by atoms with van der Waals surface area (Å²) in [6.45, 7) is 8.92. The first kappa shape index (κ1) is 14.8. The van der Waals surface area contributed by atoms with Gasteiger partial charge < -0.3 is 11.1 Å². The molecule has 0 bridgehead atoms. The Morgan fingerprint density at radius 1 is 1.53 bits per heavy atom. The highest BCUT2D eigenvalue weighted by Gasteiger charge is 2.22. The van der Waals surface area contributed by atoms with E-state index in [1.807, 2.05) is 20.1 Å². The Morgan fingerprint density at radius 2 is 2.07 bits per heavy atom. The first-order valence-corrected chi connectivity index (χ1v) is 6.65. The SMILES string of the molecule is CC[C@H](C)[C@H](N)C(=O)NCC(C)(C)SC. The number of amides is 1. The summed E-state index contributed by atoms with van der Waals surface area (Å²) < 4.78 is 0.0742. The fraction of sp³-hybridized carbons (Fsp3) is 0.909. The molecule has 0 radical (unpaired) electrons. The summed E-state index contributed by atoms with van der Waals surface area (Å²) in [5.74, 6) is 0.203. The van der Waals surface area contributed by atoms with Crippen molar-refractivity contribution in [3.63, 3.8) is 0 Å². The number of carbonyl (C=O) groups is 1. The lowest BCUT2D eigenvalue weighted by Crippen LogP contribution is -2.47. The number of nitrogens with one attached hydrogen (secondary N) is 1. The van der Waals surface area contributed by atoms with Gasteiger partial charge in [0.05, 0.1) is 6.04 Å². The van der Waals surface area contributed by atoms with Crippen LogP contribution in [0.3, 0.4) is 0 Å². The van der Waals surface area contributed by atoms with Crippen LogP contribution in [0.25, 0.3) is 0 Å². The van der Waals surface area contributed by atoms with E-state index in [0.717, 1.165) is 6.42 Å². The average Bonchev–Trinajstić information content (AvgIpc) is 2.23. The zero-order valence-electron chi connectivity index (χ0n) is 10.5. The quantitative estimate of drug-likeness (QED) is 0.731. The van der Waals surface area contributed by atoms with Crippen molar-refractivity contribution in [1.29, 1.82) is 0 Å². The zero-order chi connectivity index (χ0) is 12.1. The summed E-state index contributed by atoms with van der Waals surface area (Å²) in [7, 11) is 0. The minimum absolute atomic E-state index is 0.0357. The zero-order valence-corrected chi connectivity index (χ0v) is 11.3. The first-order valence-electron chi connectivity index (χ1n) is 5.42. The molecule has 0 unspecified atom stereocenters. The van der Waals surface area contributed by atoms with Crippen molar-refractivity contribution in [3.8, 4) is 0 Å². The number of carbonyl (C=O) groups excluding carboxylic acids is 1. The summed E-state index contributed by atoms with van der Waals surface area (Å²) >= 11 is 1.74. The second-order valence-electron chi connectivity index (χ2n) is 4.59. The molecular formula is C11H24N2OS. The molecule has 0 aliphatic heterocycles. The Hall–Kier alpha value is -0.220. The number of rotatable bonds is 6. The van der Waals surface area contributed by atoms with E-state index in [1.165, 1.54) is 0 Å². The summed E-state index contributed by atoms with van der Waals surface area (Å²) in [5, 5.41) is 2.90. The van der Waals surface area contributed by atoms with Crippen molar-refractivity contribution >= 4 is 17.7 Å². The second-order valence-corrected chi connectivity index (χ2v) is 6.11. The minimum Gasteiger partial charge on any atom is -0.353 e. The largest absolute Gasteiger partial charge is 0.353 e. The lowest BCUT2D eigenvalue weighted by Gasteiger charge is -2.24. The summed E-state index contributed by atoms with van der Waals surface area (Å²) in [6, 6.07) is -0.382. The third-order valence-electron chi connectivity index (χ3n) is 2.80. The van der Waals surface area contributed by atoms with Crippen LogP contribution < -0.4 is 11.1 Å². The smallest absolute Gasteiger partial charge is 0.237 e. The van der Waals surface area contributed by atoms with Crippen molar-refractivity contribution in [2.75, 3.05) is 12.8 Å². The van der Waals surface area contributed by atoms with Gasteiger partial charge in [0.25, 0.3) is 0 Å². The van der Waals surface area contributed by atoms with Crippen molar-refractivity contribution in [1.82, 2.24) is 5.32 Å². The van der Waals surface area contributed by atoms with E-state index in [0.29, 0.717) is 6.54 Å². The Bertz CT molecular complexity index is 207. The van der Waals surface area contributed by atoms with Gasteiger partial charge >= 0.3 is 0 Å². The predicted molar refractivity (Wildman–Crippen MR) is 68.0 cm³/mol. The molecule has 0 aromatic heterocycles. The topological polar surface area (TPSA) is 55.1 Å². The normalized spacial score (nSPS) is 15.9. The fourth-order valence-electron chi connectivity index (χ4n) is 1.00. The molecule has 0 saturated carbocycles. The Kier molecular flexibility index (Phi) is 6.29. The molecule has 15 heavy (non-hydrogen) atoms. The van der Waals surface area contributed by atoms with Crippen molar-refractivity contribution in [3.05, 3.63) is 0 Å². The molecule has 0 spiro atoms. The van der Waals surface area contributed by atoms with Crippen LogP contribution in [0.1, 0.15) is 34.1 Å². The van der Waals surface area contributed by atoms with Crippen LogP contribution in [-0.4, -0.2) is 29.5 Å². The lowest BCUT2D eigenvalue weighted by atomic mass is 9.99. The van der Waals surface area contributed by atoms with E-state index in [2.05, 4.69) is 19.2 Å². The molecule has 0 saturated heterocycles. The average molecular weight is 232 g/mol. The molecule has 2 atom stereocenters. The second kappa shape index (κ2) is 6.38.